The molecule has 13 heteroatoms. The summed E-state index contributed by atoms with van der Waals surface area (Å²) in [5.74, 6) is 2.60. The van der Waals surface area contributed by atoms with E-state index in [0.29, 0.717) is 51.3 Å². The molecular weight excluding hydrogens is 454 g/mol. The summed E-state index contributed by atoms with van der Waals surface area (Å²) >= 11 is 2.31. The lowest BCUT2D eigenvalue weighted by molar-refractivity contribution is 0.110. The topological polar surface area (TPSA) is 107 Å². The molecule has 0 amide bonds. The maximum absolute atomic E-state index is 6.31. The second-order valence-electron chi connectivity index (χ2n) is 8.67. The molecule has 0 aliphatic carbocycles. The number of nitrogens with one attached hydrogen (secondary N) is 1. The standard InChI is InChI=1S/C19H31N7O4S2/c1-19(2,3)20-12-14(30-18-16(22-32-24-18)26-6-10-28-11-7-26)13-29-17-15(21-31-23-17)25-4-8-27-9-5-25/h14,20H,4-13H2,1-3H3/t14-/m0/s1. The van der Waals surface area contributed by atoms with E-state index in [2.05, 4.69) is 53.4 Å². The average molecular weight is 486 g/mol. The van der Waals surface area contributed by atoms with Gasteiger partial charge in [0.25, 0.3) is 11.8 Å². The number of nitrogens with zero attached hydrogens (tertiary/aromatic N) is 6. The molecule has 2 saturated heterocycles. The Bertz CT molecular complexity index is 832. The molecule has 2 aliphatic heterocycles. The van der Waals surface area contributed by atoms with Crippen LogP contribution in [0.5, 0.6) is 11.8 Å². The molecule has 0 aromatic carbocycles. The van der Waals surface area contributed by atoms with Crippen molar-refractivity contribution in [2.45, 2.75) is 32.4 Å². The average Bonchev–Trinajstić information content (AvgIpc) is 3.46. The molecule has 1 N–H and O–H groups in total. The van der Waals surface area contributed by atoms with Gasteiger partial charge in [0, 0.05) is 38.3 Å². The van der Waals surface area contributed by atoms with Crippen molar-refractivity contribution in [2.24, 2.45) is 0 Å². The van der Waals surface area contributed by atoms with Gasteiger partial charge in [-0.1, -0.05) is 0 Å². The van der Waals surface area contributed by atoms with Crippen molar-refractivity contribution in [2.75, 3.05) is 75.6 Å². The normalized spacial score (nSPS) is 18.6. The molecule has 0 unspecified atom stereocenters. The Balaban J connectivity index is 1.43. The van der Waals surface area contributed by atoms with Crippen LogP contribution >= 0.6 is 23.5 Å². The van der Waals surface area contributed by atoms with Crippen LogP contribution in [-0.2, 0) is 9.47 Å². The molecule has 4 rings (SSSR count). The first-order valence-electron chi connectivity index (χ1n) is 10.8. The van der Waals surface area contributed by atoms with Crippen LogP contribution in [0.15, 0.2) is 0 Å². The lowest BCUT2D eigenvalue weighted by Gasteiger charge is -2.29. The molecule has 2 aromatic heterocycles. The van der Waals surface area contributed by atoms with Gasteiger partial charge < -0.3 is 34.1 Å². The highest BCUT2D eigenvalue weighted by molar-refractivity contribution is 6.99. The first-order chi connectivity index (χ1) is 15.5. The molecule has 0 spiro atoms. The Labute approximate surface area is 196 Å². The fraction of sp³-hybridized carbons (Fsp3) is 0.789. The summed E-state index contributed by atoms with van der Waals surface area (Å²) in [7, 11) is 0. The first kappa shape index (κ1) is 23.4. The lowest BCUT2D eigenvalue weighted by atomic mass is 10.1. The zero-order valence-corrected chi connectivity index (χ0v) is 20.4. The Morgan fingerprint density at radius 2 is 1.41 bits per heavy atom. The van der Waals surface area contributed by atoms with Gasteiger partial charge in [0.05, 0.1) is 49.9 Å². The summed E-state index contributed by atoms with van der Waals surface area (Å²) in [6.45, 7) is 13.1. The molecule has 0 saturated carbocycles. The fourth-order valence-corrected chi connectivity index (χ4v) is 4.37. The van der Waals surface area contributed by atoms with Crippen molar-refractivity contribution in [3.8, 4) is 11.8 Å². The van der Waals surface area contributed by atoms with E-state index in [4.69, 9.17) is 18.9 Å². The molecular formula is C19H31N7O4S2. The minimum atomic E-state index is -0.280. The van der Waals surface area contributed by atoms with Gasteiger partial charge in [0.1, 0.15) is 12.7 Å². The number of hydrogen-bond donors (Lipinski definition) is 1. The third kappa shape index (κ3) is 6.38. The molecule has 178 valence electrons. The zero-order chi connectivity index (χ0) is 22.4. The summed E-state index contributed by atoms with van der Waals surface area (Å²) in [4.78, 5) is 4.30. The SMILES string of the molecule is CC(C)(C)NC[C@@H](COc1nsnc1N1CCOCC1)Oc1nsnc1N1CCOCC1. The number of aromatic nitrogens is 4. The van der Waals surface area contributed by atoms with E-state index in [1.54, 1.807) is 0 Å². The van der Waals surface area contributed by atoms with Crippen molar-refractivity contribution in [3.63, 3.8) is 0 Å². The molecule has 1 atom stereocenters. The van der Waals surface area contributed by atoms with Crippen LogP contribution in [-0.4, -0.2) is 94.9 Å². The van der Waals surface area contributed by atoms with Crippen LogP contribution in [0.2, 0.25) is 0 Å². The van der Waals surface area contributed by atoms with Crippen LogP contribution in [0.4, 0.5) is 11.6 Å². The van der Waals surface area contributed by atoms with Gasteiger partial charge in [0.2, 0.25) is 11.6 Å². The van der Waals surface area contributed by atoms with Crippen LogP contribution in [0.3, 0.4) is 0 Å². The monoisotopic (exact) mass is 485 g/mol. The van der Waals surface area contributed by atoms with Crippen molar-refractivity contribution in [1.82, 2.24) is 22.8 Å². The number of hydrogen-bond acceptors (Lipinski definition) is 13. The number of rotatable bonds is 9. The largest absolute Gasteiger partial charge is 0.470 e. The van der Waals surface area contributed by atoms with E-state index in [9.17, 15) is 0 Å². The molecule has 32 heavy (non-hydrogen) atoms. The van der Waals surface area contributed by atoms with Gasteiger partial charge in [-0.05, 0) is 20.8 Å². The van der Waals surface area contributed by atoms with E-state index in [0.717, 1.165) is 61.3 Å². The van der Waals surface area contributed by atoms with Gasteiger partial charge in [-0.15, -0.1) is 8.75 Å². The van der Waals surface area contributed by atoms with Gasteiger partial charge >= 0.3 is 0 Å². The van der Waals surface area contributed by atoms with Crippen LogP contribution in [0.25, 0.3) is 0 Å². The highest BCUT2D eigenvalue weighted by atomic mass is 32.1. The van der Waals surface area contributed by atoms with Crippen LogP contribution < -0.4 is 24.6 Å². The van der Waals surface area contributed by atoms with E-state index in [-0.39, 0.29) is 11.6 Å². The van der Waals surface area contributed by atoms with Crippen LogP contribution in [0, 0.1) is 0 Å². The molecule has 11 nitrogen and oxygen atoms in total. The summed E-state index contributed by atoms with van der Waals surface area (Å²) < 4.78 is 41.0. The molecule has 2 fully saturated rings. The number of ether oxygens (including phenoxy) is 4. The Hall–Kier alpha value is -1.80. The predicted octanol–water partition coefficient (Wildman–Crippen LogP) is 1.28. The molecule has 2 aromatic rings. The summed E-state index contributed by atoms with van der Waals surface area (Å²) in [6, 6.07) is 0. The Morgan fingerprint density at radius 1 is 0.875 bits per heavy atom. The fourth-order valence-electron chi connectivity index (χ4n) is 3.34. The summed E-state index contributed by atoms with van der Waals surface area (Å²) in [5.41, 5.74) is -0.0594. The van der Waals surface area contributed by atoms with Crippen LogP contribution in [0.1, 0.15) is 20.8 Å². The lowest BCUT2D eigenvalue weighted by Crippen LogP contribution is -2.45. The summed E-state index contributed by atoms with van der Waals surface area (Å²) in [6.07, 6.45) is -0.280. The van der Waals surface area contributed by atoms with Gasteiger partial charge in [0.15, 0.2) is 0 Å². The number of anilines is 2. The second-order valence-corrected chi connectivity index (χ2v) is 9.72. The molecule has 2 aliphatic rings. The minimum Gasteiger partial charge on any atom is -0.470 e. The predicted molar refractivity (Wildman–Crippen MR) is 124 cm³/mol. The molecule has 4 heterocycles. The molecule has 0 radical (unpaired) electrons. The van der Waals surface area contributed by atoms with E-state index in [1.807, 2.05) is 0 Å². The van der Waals surface area contributed by atoms with Crippen molar-refractivity contribution >= 4 is 35.1 Å². The second kappa shape index (κ2) is 10.9. The van der Waals surface area contributed by atoms with Crippen molar-refractivity contribution < 1.29 is 18.9 Å². The number of morpholine rings is 2. The van der Waals surface area contributed by atoms with E-state index >= 15 is 0 Å². The zero-order valence-electron chi connectivity index (χ0n) is 18.8. The summed E-state index contributed by atoms with van der Waals surface area (Å²) in [5, 5.41) is 3.50. The molecule has 0 bridgehead atoms. The maximum atomic E-state index is 6.31. The quantitative estimate of drug-likeness (QED) is 0.555. The third-order valence-corrected chi connectivity index (χ3v) is 6.05. The van der Waals surface area contributed by atoms with Gasteiger partial charge in [-0.2, -0.15) is 8.75 Å². The van der Waals surface area contributed by atoms with Crippen molar-refractivity contribution in [3.05, 3.63) is 0 Å². The van der Waals surface area contributed by atoms with Gasteiger partial charge in [-0.25, -0.2) is 0 Å². The van der Waals surface area contributed by atoms with Gasteiger partial charge in [-0.3, -0.25) is 0 Å². The Kier molecular flexibility index (Phi) is 7.94. The highest BCUT2D eigenvalue weighted by Crippen LogP contribution is 2.29. The first-order valence-corrected chi connectivity index (χ1v) is 12.3. The third-order valence-electron chi connectivity index (χ3n) is 5.05. The Morgan fingerprint density at radius 3 is 1.97 bits per heavy atom. The van der Waals surface area contributed by atoms with E-state index in [1.165, 1.54) is 0 Å². The van der Waals surface area contributed by atoms with E-state index < -0.39 is 0 Å². The minimum absolute atomic E-state index is 0.0594. The smallest absolute Gasteiger partial charge is 0.271 e. The maximum Gasteiger partial charge on any atom is 0.271 e. The van der Waals surface area contributed by atoms with Crippen molar-refractivity contribution in [1.29, 1.82) is 0 Å². The highest BCUT2D eigenvalue weighted by Gasteiger charge is 2.26.